The van der Waals surface area contributed by atoms with E-state index in [9.17, 15) is 35.9 Å². The Bertz CT molecular complexity index is 1320. The molecule has 4 nitrogen and oxygen atoms in total. The first-order valence-electron chi connectivity index (χ1n) is 13.9. The van der Waals surface area contributed by atoms with Crippen molar-refractivity contribution in [2.24, 2.45) is 11.8 Å². The van der Waals surface area contributed by atoms with Gasteiger partial charge in [0.05, 0.1) is 16.5 Å². The van der Waals surface area contributed by atoms with Gasteiger partial charge in [-0.25, -0.2) is 0 Å². The summed E-state index contributed by atoms with van der Waals surface area (Å²) in [5, 5.41) is 3.24. The lowest BCUT2D eigenvalue weighted by atomic mass is 9.68. The van der Waals surface area contributed by atoms with Crippen molar-refractivity contribution in [1.82, 2.24) is 10.2 Å². The van der Waals surface area contributed by atoms with Gasteiger partial charge in [0.1, 0.15) is 5.54 Å². The Balaban J connectivity index is 1.81. The zero-order valence-electron chi connectivity index (χ0n) is 23.7. The van der Waals surface area contributed by atoms with E-state index in [1.54, 1.807) is 0 Å². The first kappa shape index (κ1) is 31.6. The standard InChI is InChI=1S/C32H34F6N2O2/c1-5-20-11-13-22(14-12-20)27(41)30(19-39-18-26(30)21-9-7-6-8-10-21)40(4)28(42)29(2,3)23-15-24(31(33,34)35)17-25(16-23)32(36,37)38/h1,6-10,15-17,20,22,26,39H,11-14,18-19H2,2-4H3/t20?,22?,26-,30+/m0/s1. The minimum Gasteiger partial charge on any atom is -0.330 e. The fourth-order valence-corrected chi connectivity index (χ4v) is 6.47. The van der Waals surface area contributed by atoms with Gasteiger partial charge < -0.3 is 10.2 Å². The molecule has 1 saturated carbocycles. The molecule has 0 spiro atoms. The van der Waals surface area contributed by atoms with Crippen LogP contribution in [0, 0.1) is 24.2 Å². The van der Waals surface area contributed by atoms with Crippen molar-refractivity contribution in [1.29, 1.82) is 0 Å². The summed E-state index contributed by atoms with van der Waals surface area (Å²) < 4.78 is 82.0. The highest BCUT2D eigenvalue weighted by molar-refractivity contribution is 5.98. The number of terminal acetylenes is 1. The van der Waals surface area contributed by atoms with E-state index in [-0.39, 0.29) is 24.3 Å². The molecule has 0 unspecified atom stereocenters. The quantitative estimate of drug-likeness (QED) is 0.304. The van der Waals surface area contributed by atoms with Gasteiger partial charge in [0.25, 0.3) is 0 Å². The maximum Gasteiger partial charge on any atom is 0.416 e. The van der Waals surface area contributed by atoms with Crippen LogP contribution < -0.4 is 5.32 Å². The van der Waals surface area contributed by atoms with Crippen molar-refractivity contribution in [3.05, 3.63) is 70.8 Å². The van der Waals surface area contributed by atoms with E-state index in [2.05, 4.69) is 11.2 Å². The van der Waals surface area contributed by atoms with E-state index in [1.807, 2.05) is 30.3 Å². The molecule has 10 heteroatoms. The van der Waals surface area contributed by atoms with Crippen LogP contribution in [0.5, 0.6) is 0 Å². The average Bonchev–Trinajstić information content (AvgIpc) is 3.41. The number of nitrogens with one attached hydrogen (secondary N) is 1. The Morgan fingerprint density at radius 1 is 0.905 bits per heavy atom. The second-order valence-corrected chi connectivity index (χ2v) is 11.9. The molecule has 1 N–H and O–H groups in total. The van der Waals surface area contributed by atoms with Crippen LogP contribution in [0.25, 0.3) is 0 Å². The fraction of sp³-hybridized carbons (Fsp3) is 0.500. The molecule has 1 heterocycles. The highest BCUT2D eigenvalue weighted by atomic mass is 19.4. The van der Waals surface area contributed by atoms with Gasteiger partial charge in [-0.05, 0) is 68.9 Å². The van der Waals surface area contributed by atoms with E-state index in [4.69, 9.17) is 6.42 Å². The number of ketones is 1. The third-order valence-corrected chi connectivity index (χ3v) is 9.03. The van der Waals surface area contributed by atoms with Gasteiger partial charge >= 0.3 is 12.4 Å². The molecule has 0 radical (unpaired) electrons. The highest BCUT2D eigenvalue weighted by Crippen LogP contribution is 2.45. The summed E-state index contributed by atoms with van der Waals surface area (Å²) in [5.74, 6) is 0.965. The van der Waals surface area contributed by atoms with Gasteiger partial charge in [-0.1, -0.05) is 30.3 Å². The molecular weight excluding hydrogens is 558 g/mol. The van der Waals surface area contributed by atoms with E-state index >= 15 is 0 Å². The molecule has 1 saturated heterocycles. The minimum absolute atomic E-state index is 0.0393. The minimum atomic E-state index is -5.07. The molecule has 0 bridgehead atoms. The number of carbonyl (C=O) groups excluding carboxylic acids is 2. The zero-order chi connectivity index (χ0) is 31.1. The second kappa shape index (κ2) is 11.4. The Labute approximate surface area is 241 Å². The largest absolute Gasteiger partial charge is 0.416 e. The monoisotopic (exact) mass is 592 g/mol. The van der Waals surface area contributed by atoms with E-state index in [0.717, 1.165) is 5.56 Å². The predicted molar refractivity (Wildman–Crippen MR) is 146 cm³/mol. The van der Waals surface area contributed by atoms with Crippen molar-refractivity contribution >= 4 is 11.7 Å². The smallest absolute Gasteiger partial charge is 0.330 e. The molecular formula is C32H34F6N2O2. The molecule has 226 valence electrons. The third-order valence-electron chi connectivity index (χ3n) is 9.03. The molecule has 42 heavy (non-hydrogen) atoms. The molecule has 0 aromatic heterocycles. The number of nitrogens with zero attached hydrogens (tertiary/aromatic N) is 1. The first-order valence-corrected chi connectivity index (χ1v) is 13.9. The predicted octanol–water partition coefficient (Wildman–Crippen LogP) is 6.59. The fourth-order valence-electron chi connectivity index (χ4n) is 6.47. The second-order valence-electron chi connectivity index (χ2n) is 11.9. The normalized spacial score (nSPS) is 25.1. The molecule has 4 rings (SSSR count). The van der Waals surface area contributed by atoms with Crippen LogP contribution in [0.4, 0.5) is 26.3 Å². The topological polar surface area (TPSA) is 49.4 Å². The van der Waals surface area contributed by atoms with Crippen molar-refractivity contribution in [2.45, 2.75) is 68.8 Å². The molecule has 1 aliphatic carbocycles. The lowest BCUT2D eigenvalue weighted by Gasteiger charge is -2.46. The Kier molecular flexibility index (Phi) is 8.58. The Morgan fingerprint density at radius 2 is 1.43 bits per heavy atom. The average molecular weight is 593 g/mol. The van der Waals surface area contributed by atoms with E-state index in [0.29, 0.717) is 44.4 Å². The number of halogens is 6. The van der Waals surface area contributed by atoms with Crippen LogP contribution in [0.15, 0.2) is 48.5 Å². The summed E-state index contributed by atoms with van der Waals surface area (Å²) in [5.41, 5.74) is -5.91. The summed E-state index contributed by atoms with van der Waals surface area (Å²) in [6.07, 6.45) is -2.16. The summed E-state index contributed by atoms with van der Waals surface area (Å²) in [6.45, 7) is 3.03. The molecule has 2 atom stereocenters. The summed E-state index contributed by atoms with van der Waals surface area (Å²) in [4.78, 5) is 30.1. The lowest BCUT2D eigenvalue weighted by molar-refractivity contribution is -0.151. The summed E-state index contributed by atoms with van der Waals surface area (Å²) >= 11 is 0. The summed E-state index contributed by atoms with van der Waals surface area (Å²) in [6, 6.07) is 10.3. The molecule has 2 aromatic carbocycles. The van der Waals surface area contributed by atoms with Crippen molar-refractivity contribution in [3.8, 4) is 12.3 Å². The summed E-state index contributed by atoms with van der Waals surface area (Å²) in [7, 11) is 1.43. The Hall–Kier alpha value is -3.32. The number of hydrogen-bond acceptors (Lipinski definition) is 3. The number of alkyl halides is 6. The van der Waals surface area contributed by atoms with Gasteiger partial charge in [0.2, 0.25) is 5.91 Å². The molecule has 2 aliphatic rings. The molecule has 1 aliphatic heterocycles. The number of hydrogen-bond donors (Lipinski definition) is 1. The van der Waals surface area contributed by atoms with Gasteiger partial charge in [-0.2, -0.15) is 26.3 Å². The Morgan fingerprint density at radius 3 is 1.93 bits per heavy atom. The zero-order valence-corrected chi connectivity index (χ0v) is 23.7. The van der Waals surface area contributed by atoms with Gasteiger partial charge in [0.15, 0.2) is 5.78 Å². The third kappa shape index (κ3) is 5.81. The lowest BCUT2D eigenvalue weighted by Crippen LogP contribution is -2.64. The number of carbonyl (C=O) groups is 2. The van der Waals surface area contributed by atoms with Crippen molar-refractivity contribution in [3.63, 3.8) is 0 Å². The molecule has 1 amide bonds. The van der Waals surface area contributed by atoms with Crippen LogP contribution in [-0.4, -0.2) is 42.3 Å². The number of rotatable bonds is 6. The van der Waals surface area contributed by atoms with Crippen molar-refractivity contribution in [2.75, 3.05) is 20.1 Å². The van der Waals surface area contributed by atoms with E-state index < -0.39 is 57.7 Å². The number of amides is 1. The number of benzene rings is 2. The maximum absolute atomic E-state index is 14.5. The van der Waals surface area contributed by atoms with Gasteiger partial charge in [-0.3, -0.25) is 9.59 Å². The van der Waals surface area contributed by atoms with E-state index in [1.165, 1.54) is 25.8 Å². The highest BCUT2D eigenvalue weighted by Gasteiger charge is 2.57. The maximum atomic E-state index is 14.5. The van der Waals surface area contributed by atoms with Gasteiger partial charge in [0, 0.05) is 37.9 Å². The van der Waals surface area contributed by atoms with Crippen LogP contribution in [0.3, 0.4) is 0 Å². The number of likely N-dealkylation sites (N-methyl/N-ethyl adjacent to an activating group) is 1. The van der Waals surface area contributed by atoms with Crippen LogP contribution >= 0.6 is 0 Å². The van der Waals surface area contributed by atoms with Crippen LogP contribution in [0.2, 0.25) is 0 Å². The molecule has 2 aromatic rings. The van der Waals surface area contributed by atoms with Crippen LogP contribution in [0.1, 0.15) is 67.7 Å². The van der Waals surface area contributed by atoms with Crippen molar-refractivity contribution < 1.29 is 35.9 Å². The number of Topliss-reactive ketones (excluding diaryl/α,β-unsaturated/α-hetero) is 1. The SMILES string of the molecule is C#CC1CCC(C(=O)[C@@]2(N(C)C(=O)C(C)(C)c3cc(C(F)(F)F)cc(C(F)(F)F)c3)CNC[C@H]2c2ccccc2)CC1. The van der Waals surface area contributed by atoms with Crippen LogP contribution in [-0.2, 0) is 27.4 Å². The molecule has 2 fully saturated rings. The first-order chi connectivity index (χ1) is 19.5. The van der Waals surface area contributed by atoms with Gasteiger partial charge in [-0.15, -0.1) is 12.3 Å².